The van der Waals surface area contributed by atoms with E-state index in [2.05, 4.69) is 4.98 Å². The van der Waals surface area contributed by atoms with Crippen molar-refractivity contribution >= 4 is 0 Å². The first-order valence-electron chi connectivity index (χ1n) is 5.85. The highest BCUT2D eigenvalue weighted by atomic mass is 16.7. The summed E-state index contributed by atoms with van der Waals surface area (Å²) in [6, 6.07) is 1.88. The van der Waals surface area contributed by atoms with Gasteiger partial charge in [0.1, 0.15) is 18.5 Å². The Kier molecular flexibility index (Phi) is 3.35. The average Bonchev–Trinajstić information content (AvgIpc) is 2.61. The van der Waals surface area contributed by atoms with Crippen molar-refractivity contribution < 1.29 is 14.2 Å². The van der Waals surface area contributed by atoms with Crippen molar-refractivity contribution in [2.45, 2.75) is 39.6 Å². The lowest BCUT2D eigenvalue weighted by atomic mass is 10.2. The maximum absolute atomic E-state index is 5.75. The van der Waals surface area contributed by atoms with Crippen LogP contribution in [0.15, 0.2) is 12.3 Å². The lowest BCUT2D eigenvalue weighted by molar-refractivity contribution is -0.141. The number of rotatable bonds is 3. The molecule has 0 radical (unpaired) electrons. The fraction of sp³-hybridized carbons (Fsp3) is 0.615. The molecular weight excluding hydrogens is 218 g/mol. The fourth-order valence-electron chi connectivity index (χ4n) is 1.80. The number of aromatic nitrogens is 1. The molecule has 1 aliphatic rings. The summed E-state index contributed by atoms with van der Waals surface area (Å²) in [5.41, 5.74) is 2.07. The molecule has 94 valence electrons. The van der Waals surface area contributed by atoms with Gasteiger partial charge in [-0.2, -0.15) is 0 Å². The third kappa shape index (κ3) is 2.96. The van der Waals surface area contributed by atoms with Crippen molar-refractivity contribution in [2.24, 2.45) is 0 Å². The Hall–Kier alpha value is -1.13. The van der Waals surface area contributed by atoms with Crippen LogP contribution in [0.4, 0.5) is 0 Å². The predicted molar refractivity (Wildman–Crippen MR) is 64.1 cm³/mol. The number of hydrogen-bond acceptors (Lipinski definition) is 4. The molecule has 0 bridgehead atoms. The number of aryl methyl sites for hydroxylation is 1. The molecule has 0 unspecified atom stereocenters. The van der Waals surface area contributed by atoms with Gasteiger partial charge in [0.05, 0.1) is 6.61 Å². The molecule has 1 aliphatic heterocycles. The van der Waals surface area contributed by atoms with Crippen molar-refractivity contribution in [3.05, 3.63) is 23.5 Å². The topological polar surface area (TPSA) is 40.6 Å². The molecule has 4 nitrogen and oxygen atoms in total. The van der Waals surface area contributed by atoms with E-state index in [4.69, 9.17) is 14.2 Å². The third-order valence-electron chi connectivity index (χ3n) is 2.90. The van der Waals surface area contributed by atoms with E-state index in [0.717, 1.165) is 17.0 Å². The van der Waals surface area contributed by atoms with E-state index in [9.17, 15) is 0 Å². The first kappa shape index (κ1) is 12.3. The van der Waals surface area contributed by atoms with Crippen molar-refractivity contribution in [2.75, 3.05) is 13.2 Å². The summed E-state index contributed by atoms with van der Waals surface area (Å²) in [6.07, 6.45) is 1.76. The largest absolute Gasteiger partial charge is 0.490 e. The smallest absolute Gasteiger partial charge is 0.163 e. The maximum atomic E-state index is 5.75. The fourth-order valence-corrected chi connectivity index (χ4v) is 1.80. The van der Waals surface area contributed by atoms with Gasteiger partial charge in [-0.3, -0.25) is 4.98 Å². The van der Waals surface area contributed by atoms with E-state index in [0.29, 0.717) is 13.2 Å². The first-order chi connectivity index (χ1) is 7.98. The van der Waals surface area contributed by atoms with Crippen molar-refractivity contribution in [1.82, 2.24) is 4.98 Å². The Morgan fingerprint density at radius 2 is 2.24 bits per heavy atom. The Morgan fingerprint density at radius 1 is 1.47 bits per heavy atom. The van der Waals surface area contributed by atoms with Crippen molar-refractivity contribution in [3.63, 3.8) is 0 Å². The first-order valence-corrected chi connectivity index (χ1v) is 5.85. The normalized spacial score (nSPS) is 22.7. The zero-order valence-corrected chi connectivity index (χ0v) is 10.8. The molecule has 0 saturated carbocycles. The highest BCUT2D eigenvalue weighted by Gasteiger charge is 2.33. The second-order valence-electron chi connectivity index (χ2n) is 4.78. The number of pyridine rings is 1. The maximum Gasteiger partial charge on any atom is 0.163 e. The molecule has 1 atom stereocenters. The van der Waals surface area contributed by atoms with E-state index in [1.165, 1.54) is 0 Å². The lowest BCUT2D eigenvalue weighted by Gasteiger charge is -2.17. The minimum atomic E-state index is -0.489. The number of nitrogens with zero attached hydrogens (tertiary/aromatic N) is 1. The Bertz CT molecular complexity index is 404. The molecule has 0 aromatic carbocycles. The van der Waals surface area contributed by atoms with Crippen molar-refractivity contribution in [1.29, 1.82) is 0 Å². The van der Waals surface area contributed by atoms with Crippen LogP contribution in [0.25, 0.3) is 0 Å². The molecule has 0 spiro atoms. The monoisotopic (exact) mass is 237 g/mol. The van der Waals surface area contributed by atoms with Gasteiger partial charge >= 0.3 is 0 Å². The van der Waals surface area contributed by atoms with Gasteiger partial charge < -0.3 is 14.2 Å². The van der Waals surface area contributed by atoms with E-state index in [1.54, 1.807) is 6.20 Å². The zero-order valence-electron chi connectivity index (χ0n) is 10.8. The van der Waals surface area contributed by atoms with Crippen molar-refractivity contribution in [3.8, 4) is 5.75 Å². The van der Waals surface area contributed by atoms with Gasteiger partial charge in [0, 0.05) is 17.5 Å². The summed E-state index contributed by atoms with van der Waals surface area (Å²) in [7, 11) is 0. The molecule has 1 fully saturated rings. The highest BCUT2D eigenvalue weighted by Crippen LogP contribution is 2.24. The minimum Gasteiger partial charge on any atom is -0.490 e. The standard InChI is InChI=1S/C13H19NO3/c1-9-10(2)14-6-5-12(9)15-7-11-8-16-13(3,4)17-11/h5-6,11H,7-8H2,1-4H3/t11-/m1/s1. The van der Waals surface area contributed by atoms with Gasteiger partial charge in [0.25, 0.3) is 0 Å². The SMILES string of the molecule is Cc1nccc(OC[C@@H]2COC(C)(C)O2)c1C. The van der Waals surface area contributed by atoms with Gasteiger partial charge in [-0.05, 0) is 33.8 Å². The third-order valence-corrected chi connectivity index (χ3v) is 2.90. The van der Waals surface area contributed by atoms with Crippen LogP contribution in [0.2, 0.25) is 0 Å². The van der Waals surface area contributed by atoms with Crippen LogP contribution in [-0.2, 0) is 9.47 Å². The molecule has 0 aliphatic carbocycles. The molecule has 0 amide bonds. The zero-order chi connectivity index (χ0) is 12.5. The molecule has 0 N–H and O–H groups in total. The second-order valence-corrected chi connectivity index (χ2v) is 4.78. The Balaban J connectivity index is 1.93. The quantitative estimate of drug-likeness (QED) is 0.808. The molecule has 1 aromatic rings. The van der Waals surface area contributed by atoms with Gasteiger partial charge in [-0.25, -0.2) is 0 Å². The van der Waals surface area contributed by atoms with Gasteiger partial charge in [-0.1, -0.05) is 0 Å². The Morgan fingerprint density at radius 3 is 2.88 bits per heavy atom. The van der Waals surface area contributed by atoms with Gasteiger partial charge in [0.15, 0.2) is 5.79 Å². The van der Waals surface area contributed by atoms with Gasteiger partial charge in [-0.15, -0.1) is 0 Å². The molecule has 1 aromatic heterocycles. The van der Waals surface area contributed by atoms with E-state index in [-0.39, 0.29) is 6.10 Å². The minimum absolute atomic E-state index is 0.00197. The van der Waals surface area contributed by atoms with Crippen LogP contribution in [0.1, 0.15) is 25.1 Å². The summed E-state index contributed by atoms with van der Waals surface area (Å²) < 4.78 is 16.9. The molecular formula is C13H19NO3. The number of ether oxygens (including phenoxy) is 3. The summed E-state index contributed by atoms with van der Waals surface area (Å²) in [5, 5.41) is 0. The summed E-state index contributed by atoms with van der Waals surface area (Å²) in [5.74, 6) is 0.378. The number of hydrogen-bond donors (Lipinski definition) is 0. The molecule has 2 heterocycles. The van der Waals surface area contributed by atoms with Crippen LogP contribution in [0.5, 0.6) is 5.75 Å². The van der Waals surface area contributed by atoms with Crippen LogP contribution in [0.3, 0.4) is 0 Å². The molecule has 4 heteroatoms. The summed E-state index contributed by atoms with van der Waals surface area (Å²) >= 11 is 0. The van der Waals surface area contributed by atoms with E-state index < -0.39 is 5.79 Å². The second kappa shape index (κ2) is 4.63. The summed E-state index contributed by atoms with van der Waals surface area (Å²) in [4.78, 5) is 4.21. The van der Waals surface area contributed by atoms with E-state index >= 15 is 0 Å². The Labute approximate surface area is 102 Å². The van der Waals surface area contributed by atoms with Crippen LogP contribution < -0.4 is 4.74 Å². The van der Waals surface area contributed by atoms with Crippen LogP contribution in [-0.4, -0.2) is 30.1 Å². The molecule has 1 saturated heterocycles. The van der Waals surface area contributed by atoms with Gasteiger partial charge in [0.2, 0.25) is 0 Å². The van der Waals surface area contributed by atoms with Crippen LogP contribution in [0, 0.1) is 13.8 Å². The molecule has 17 heavy (non-hydrogen) atoms. The lowest BCUT2D eigenvalue weighted by Crippen LogP contribution is -2.25. The highest BCUT2D eigenvalue weighted by molar-refractivity contribution is 5.33. The summed E-state index contributed by atoms with van der Waals surface area (Å²) in [6.45, 7) is 8.89. The average molecular weight is 237 g/mol. The van der Waals surface area contributed by atoms with Crippen LogP contribution >= 0.6 is 0 Å². The predicted octanol–water partition coefficient (Wildman–Crippen LogP) is 2.23. The van der Waals surface area contributed by atoms with E-state index in [1.807, 2.05) is 33.8 Å². The molecule has 2 rings (SSSR count).